The summed E-state index contributed by atoms with van der Waals surface area (Å²) in [5.41, 5.74) is 1.49. The Bertz CT molecular complexity index is 676. The van der Waals surface area contributed by atoms with Crippen LogP contribution in [0, 0.1) is 5.82 Å². The predicted molar refractivity (Wildman–Crippen MR) is 101 cm³/mol. The number of methoxy groups -OCH3 is 1. The van der Waals surface area contributed by atoms with Crippen LogP contribution in [-0.2, 0) is 17.9 Å². The van der Waals surface area contributed by atoms with E-state index in [0.29, 0.717) is 23.6 Å². The van der Waals surface area contributed by atoms with Crippen molar-refractivity contribution in [2.75, 3.05) is 20.3 Å². The van der Waals surface area contributed by atoms with Crippen molar-refractivity contribution in [1.82, 2.24) is 5.32 Å². The second-order valence-electron chi connectivity index (χ2n) is 6.28. The van der Waals surface area contributed by atoms with Crippen molar-refractivity contribution in [1.29, 1.82) is 0 Å². The molecular weight excluding hydrogens is 333 g/mol. The molecule has 0 aromatic heterocycles. The van der Waals surface area contributed by atoms with E-state index in [9.17, 15) is 4.39 Å². The smallest absolute Gasteiger partial charge is 0.166 e. The highest BCUT2D eigenvalue weighted by Gasteiger charge is 2.12. The van der Waals surface area contributed by atoms with E-state index in [0.717, 1.165) is 25.1 Å². The zero-order valence-electron chi connectivity index (χ0n) is 15.8. The fourth-order valence-corrected chi connectivity index (χ4v) is 2.53. The van der Waals surface area contributed by atoms with E-state index in [4.69, 9.17) is 14.2 Å². The summed E-state index contributed by atoms with van der Waals surface area (Å²) in [4.78, 5) is 0. The molecule has 2 rings (SSSR count). The van der Waals surface area contributed by atoms with Crippen LogP contribution in [0.15, 0.2) is 42.5 Å². The van der Waals surface area contributed by atoms with Crippen molar-refractivity contribution in [3.05, 3.63) is 59.4 Å². The Balaban J connectivity index is 1.95. The van der Waals surface area contributed by atoms with E-state index in [-0.39, 0.29) is 18.5 Å². The largest absolute Gasteiger partial charge is 0.493 e. The van der Waals surface area contributed by atoms with Crippen molar-refractivity contribution in [2.45, 2.75) is 39.5 Å². The molecule has 4 nitrogen and oxygen atoms in total. The summed E-state index contributed by atoms with van der Waals surface area (Å²) in [6.45, 7) is 6.44. The fourth-order valence-electron chi connectivity index (χ4n) is 2.53. The van der Waals surface area contributed by atoms with E-state index in [1.54, 1.807) is 25.3 Å². The zero-order chi connectivity index (χ0) is 18.8. The van der Waals surface area contributed by atoms with Crippen LogP contribution in [0.5, 0.6) is 11.5 Å². The Labute approximate surface area is 155 Å². The van der Waals surface area contributed by atoms with Gasteiger partial charge in [0.2, 0.25) is 0 Å². The molecule has 0 atom stereocenters. The molecule has 142 valence electrons. The van der Waals surface area contributed by atoms with Crippen molar-refractivity contribution in [2.24, 2.45) is 0 Å². The lowest BCUT2D eigenvalue weighted by Gasteiger charge is -2.16. The maximum absolute atomic E-state index is 13.8. The van der Waals surface area contributed by atoms with Crippen LogP contribution in [-0.4, -0.2) is 26.4 Å². The van der Waals surface area contributed by atoms with Crippen molar-refractivity contribution >= 4 is 0 Å². The maximum Gasteiger partial charge on any atom is 0.166 e. The Morgan fingerprint density at radius 3 is 2.54 bits per heavy atom. The van der Waals surface area contributed by atoms with E-state index in [1.165, 1.54) is 6.07 Å². The monoisotopic (exact) mass is 361 g/mol. The van der Waals surface area contributed by atoms with Crippen LogP contribution in [0.1, 0.15) is 31.4 Å². The molecule has 1 N–H and O–H groups in total. The van der Waals surface area contributed by atoms with Gasteiger partial charge < -0.3 is 19.5 Å². The van der Waals surface area contributed by atoms with Crippen molar-refractivity contribution in [3.8, 4) is 11.5 Å². The molecule has 0 aliphatic heterocycles. The number of hydrogen-bond acceptors (Lipinski definition) is 4. The summed E-state index contributed by atoms with van der Waals surface area (Å²) in [7, 11) is 1.60. The molecule has 0 aliphatic rings. The van der Waals surface area contributed by atoms with Crippen molar-refractivity contribution in [3.63, 3.8) is 0 Å². The molecule has 5 heteroatoms. The lowest BCUT2D eigenvalue weighted by atomic mass is 10.1. The average molecular weight is 361 g/mol. The third kappa shape index (κ3) is 6.32. The van der Waals surface area contributed by atoms with Gasteiger partial charge in [-0.1, -0.05) is 30.3 Å². The normalized spacial score (nSPS) is 11.0. The standard InChI is InChI=1S/C21H28FNO3/c1-16(2)25-13-7-12-23-14-17-9-6-11-20(24-3)21(17)26-15-18-8-4-5-10-19(18)22/h4-6,8-11,16,23H,7,12-15H2,1-3H3. The molecule has 0 aliphatic carbocycles. The van der Waals surface area contributed by atoms with Gasteiger partial charge in [-0.05, 0) is 38.9 Å². The van der Waals surface area contributed by atoms with E-state index in [1.807, 2.05) is 32.0 Å². The molecule has 0 saturated heterocycles. The van der Waals surface area contributed by atoms with Crippen molar-refractivity contribution < 1.29 is 18.6 Å². The topological polar surface area (TPSA) is 39.7 Å². The van der Waals surface area contributed by atoms with E-state index in [2.05, 4.69) is 5.32 Å². The quantitative estimate of drug-likeness (QED) is 0.605. The first-order valence-corrected chi connectivity index (χ1v) is 8.96. The van der Waals surface area contributed by atoms with Crippen LogP contribution in [0.2, 0.25) is 0 Å². The minimum Gasteiger partial charge on any atom is -0.493 e. The van der Waals surface area contributed by atoms with Gasteiger partial charge >= 0.3 is 0 Å². The SMILES string of the molecule is COc1cccc(CNCCCOC(C)C)c1OCc1ccccc1F. The molecule has 2 aromatic rings. The van der Waals surface area contributed by atoms with Crippen LogP contribution in [0.4, 0.5) is 4.39 Å². The van der Waals surface area contributed by atoms with Gasteiger partial charge in [-0.15, -0.1) is 0 Å². The highest BCUT2D eigenvalue weighted by atomic mass is 19.1. The van der Waals surface area contributed by atoms with E-state index >= 15 is 0 Å². The Morgan fingerprint density at radius 2 is 1.81 bits per heavy atom. The van der Waals surface area contributed by atoms with Crippen LogP contribution >= 0.6 is 0 Å². The van der Waals surface area contributed by atoms with Gasteiger partial charge in [0.1, 0.15) is 12.4 Å². The molecule has 0 saturated carbocycles. The maximum atomic E-state index is 13.8. The first-order valence-electron chi connectivity index (χ1n) is 8.96. The predicted octanol–water partition coefficient (Wildman–Crippen LogP) is 4.32. The number of benzene rings is 2. The Kier molecular flexibility index (Phi) is 8.38. The summed E-state index contributed by atoms with van der Waals surface area (Å²) in [6.07, 6.45) is 1.19. The number of halogens is 1. The molecule has 0 bridgehead atoms. The Morgan fingerprint density at radius 1 is 1.04 bits per heavy atom. The van der Waals surface area contributed by atoms with Crippen LogP contribution in [0.25, 0.3) is 0 Å². The van der Waals surface area contributed by atoms with Crippen LogP contribution in [0.3, 0.4) is 0 Å². The summed E-state index contributed by atoms with van der Waals surface area (Å²) in [5.74, 6) is 1.01. The second kappa shape index (κ2) is 10.8. The molecular formula is C21H28FNO3. The fraction of sp³-hybridized carbons (Fsp3) is 0.429. The molecule has 0 amide bonds. The number of para-hydroxylation sites is 1. The molecule has 0 unspecified atom stereocenters. The lowest BCUT2D eigenvalue weighted by molar-refractivity contribution is 0.0770. The molecule has 0 fully saturated rings. The van der Waals surface area contributed by atoms with E-state index < -0.39 is 0 Å². The number of hydrogen-bond donors (Lipinski definition) is 1. The molecule has 0 heterocycles. The lowest BCUT2D eigenvalue weighted by Crippen LogP contribution is -2.18. The summed E-state index contributed by atoms with van der Waals surface area (Å²) < 4.78 is 30.7. The number of ether oxygens (including phenoxy) is 3. The minimum atomic E-state index is -0.271. The van der Waals surface area contributed by atoms with Gasteiger partial charge in [0.05, 0.1) is 13.2 Å². The first kappa shape index (κ1) is 20.2. The van der Waals surface area contributed by atoms with Gasteiger partial charge in [0, 0.05) is 24.3 Å². The van der Waals surface area contributed by atoms with Crippen LogP contribution < -0.4 is 14.8 Å². The number of nitrogens with one attached hydrogen (secondary N) is 1. The summed E-state index contributed by atoms with van der Waals surface area (Å²) >= 11 is 0. The average Bonchev–Trinajstić information content (AvgIpc) is 2.64. The zero-order valence-corrected chi connectivity index (χ0v) is 15.8. The van der Waals surface area contributed by atoms with Gasteiger partial charge in [-0.25, -0.2) is 4.39 Å². The molecule has 2 aromatic carbocycles. The second-order valence-corrected chi connectivity index (χ2v) is 6.28. The van der Waals surface area contributed by atoms with Gasteiger partial charge in [-0.2, -0.15) is 0 Å². The minimum absolute atomic E-state index is 0.155. The van der Waals surface area contributed by atoms with Gasteiger partial charge in [0.25, 0.3) is 0 Å². The molecule has 0 radical (unpaired) electrons. The van der Waals surface area contributed by atoms with Gasteiger partial charge in [-0.3, -0.25) is 0 Å². The molecule has 26 heavy (non-hydrogen) atoms. The summed E-state index contributed by atoms with van der Waals surface area (Å²) in [6, 6.07) is 12.4. The molecule has 0 spiro atoms. The summed E-state index contributed by atoms with van der Waals surface area (Å²) in [5, 5.41) is 3.39. The first-order chi connectivity index (χ1) is 12.6. The third-order valence-electron chi connectivity index (χ3n) is 3.87. The highest BCUT2D eigenvalue weighted by Crippen LogP contribution is 2.32. The number of rotatable bonds is 11. The highest BCUT2D eigenvalue weighted by molar-refractivity contribution is 5.46. The third-order valence-corrected chi connectivity index (χ3v) is 3.87. The van der Waals surface area contributed by atoms with Gasteiger partial charge in [0.15, 0.2) is 11.5 Å². The Hall–Kier alpha value is -2.11.